The van der Waals surface area contributed by atoms with E-state index in [2.05, 4.69) is 10.0 Å². The minimum absolute atomic E-state index is 0.0465. The number of oxazole rings is 1. The molecule has 10 heteroatoms. The third-order valence-corrected chi connectivity index (χ3v) is 6.31. The van der Waals surface area contributed by atoms with E-state index in [4.69, 9.17) is 9.15 Å². The zero-order chi connectivity index (χ0) is 23.5. The van der Waals surface area contributed by atoms with E-state index in [9.17, 15) is 18.0 Å². The lowest BCUT2D eigenvalue weighted by molar-refractivity contribution is -0.118. The predicted molar refractivity (Wildman–Crippen MR) is 121 cm³/mol. The molecule has 0 aliphatic rings. The Kier molecular flexibility index (Phi) is 7.05. The summed E-state index contributed by atoms with van der Waals surface area (Å²) in [6, 6.07) is 10.1. The Labute approximate surface area is 186 Å². The second-order valence-corrected chi connectivity index (χ2v) is 9.49. The van der Waals surface area contributed by atoms with Crippen LogP contribution in [0.2, 0.25) is 0 Å². The molecule has 9 nitrogen and oxygen atoms in total. The van der Waals surface area contributed by atoms with Crippen LogP contribution in [0, 0.1) is 5.92 Å². The maximum Gasteiger partial charge on any atom is 0.419 e. The molecular weight excluding hydrogens is 434 g/mol. The van der Waals surface area contributed by atoms with Gasteiger partial charge in [0.1, 0.15) is 11.8 Å². The summed E-state index contributed by atoms with van der Waals surface area (Å²) in [5.41, 5.74) is 1.08. The Morgan fingerprint density at radius 2 is 1.91 bits per heavy atom. The van der Waals surface area contributed by atoms with Crippen LogP contribution >= 0.6 is 0 Å². The van der Waals surface area contributed by atoms with Crippen LogP contribution in [0.4, 0.5) is 5.69 Å². The molecule has 1 atom stereocenters. The smallest absolute Gasteiger partial charge is 0.419 e. The summed E-state index contributed by atoms with van der Waals surface area (Å²) in [5, 5.41) is 2.76. The highest BCUT2D eigenvalue weighted by molar-refractivity contribution is 7.89. The largest absolute Gasteiger partial charge is 0.492 e. The summed E-state index contributed by atoms with van der Waals surface area (Å²) in [4.78, 5) is 24.6. The Hall–Kier alpha value is -3.11. The van der Waals surface area contributed by atoms with Crippen molar-refractivity contribution in [3.8, 4) is 5.75 Å². The van der Waals surface area contributed by atoms with Crippen molar-refractivity contribution < 1.29 is 22.4 Å². The van der Waals surface area contributed by atoms with Crippen molar-refractivity contribution in [2.45, 2.75) is 38.1 Å². The van der Waals surface area contributed by atoms with Crippen LogP contribution in [0.15, 0.2) is 56.6 Å². The fourth-order valence-corrected chi connectivity index (χ4v) is 4.51. The number of hydrogen-bond donors (Lipinski definition) is 2. The molecule has 172 valence electrons. The fourth-order valence-electron chi connectivity index (χ4n) is 3.29. The van der Waals surface area contributed by atoms with Gasteiger partial charge in [-0.25, -0.2) is 13.2 Å². The van der Waals surface area contributed by atoms with Gasteiger partial charge in [-0.05, 0) is 43.5 Å². The van der Waals surface area contributed by atoms with Crippen LogP contribution in [0.1, 0.15) is 27.2 Å². The third kappa shape index (κ3) is 5.20. The van der Waals surface area contributed by atoms with Crippen LogP contribution in [-0.4, -0.2) is 31.5 Å². The topological polar surface area (TPSA) is 120 Å². The number of para-hydroxylation sites is 2. The molecule has 0 spiro atoms. The van der Waals surface area contributed by atoms with E-state index in [0.29, 0.717) is 23.6 Å². The van der Waals surface area contributed by atoms with Crippen molar-refractivity contribution in [3.05, 3.63) is 53.0 Å². The van der Waals surface area contributed by atoms with Gasteiger partial charge in [-0.1, -0.05) is 26.0 Å². The molecule has 0 fully saturated rings. The summed E-state index contributed by atoms with van der Waals surface area (Å²) >= 11 is 0. The van der Waals surface area contributed by atoms with Crippen LogP contribution in [0.5, 0.6) is 5.75 Å². The summed E-state index contributed by atoms with van der Waals surface area (Å²) in [6.07, 6.45) is 0.282. The van der Waals surface area contributed by atoms with Crippen molar-refractivity contribution in [2.75, 3.05) is 11.9 Å². The minimum atomic E-state index is -4.07. The van der Waals surface area contributed by atoms with Gasteiger partial charge in [0.15, 0.2) is 5.58 Å². The van der Waals surface area contributed by atoms with Gasteiger partial charge in [-0.2, -0.15) is 4.72 Å². The summed E-state index contributed by atoms with van der Waals surface area (Å²) in [5.74, 6) is -0.543. The molecule has 2 aromatic carbocycles. The number of aryl methyl sites for hydroxylation is 1. The average Bonchev–Trinajstić information content (AvgIpc) is 3.02. The number of carbonyl (C=O) groups excluding carboxylic acids is 1. The fraction of sp³-hybridized carbons (Fsp3) is 0.364. The number of ether oxygens (including phenoxy) is 1. The first-order valence-corrected chi connectivity index (χ1v) is 11.7. The molecule has 0 bridgehead atoms. The zero-order valence-corrected chi connectivity index (χ0v) is 19.2. The summed E-state index contributed by atoms with van der Waals surface area (Å²) in [7, 11) is -2.54. The van der Waals surface area contributed by atoms with E-state index in [0.717, 1.165) is 0 Å². The lowest BCUT2D eigenvalue weighted by atomic mass is 10.0. The van der Waals surface area contributed by atoms with Crippen molar-refractivity contribution in [1.82, 2.24) is 9.29 Å². The highest BCUT2D eigenvalue weighted by Gasteiger charge is 2.28. The molecule has 0 aliphatic carbocycles. The lowest BCUT2D eigenvalue weighted by Crippen LogP contribution is -2.44. The number of nitrogens with one attached hydrogen (secondary N) is 2. The number of fused-ring (bicyclic) bond motifs is 1. The van der Waals surface area contributed by atoms with E-state index < -0.39 is 27.7 Å². The SMILES string of the molecule is CCOc1ccccc1NC(=O)[C@@H](CC(C)C)NS(=O)(=O)c1ccc2c(c1)oc(=O)n2C. The molecule has 1 aromatic heterocycles. The van der Waals surface area contributed by atoms with Crippen molar-refractivity contribution in [1.29, 1.82) is 0 Å². The van der Waals surface area contributed by atoms with Gasteiger partial charge in [-0.3, -0.25) is 9.36 Å². The molecule has 3 rings (SSSR count). The molecule has 0 saturated heterocycles. The maximum absolute atomic E-state index is 13.0. The standard InChI is InChI=1S/C22H27N3O6S/c1-5-30-19-9-7-6-8-16(19)23-21(26)17(12-14(2)3)24-32(28,29)15-10-11-18-20(13-15)31-22(27)25(18)4/h6-11,13-14,17,24H,5,12H2,1-4H3,(H,23,26)/t17-/m1/s1. The van der Waals surface area contributed by atoms with Crippen LogP contribution < -0.4 is 20.5 Å². The second kappa shape index (κ2) is 9.58. The van der Waals surface area contributed by atoms with Crippen molar-refractivity contribution >= 4 is 32.7 Å². The molecule has 32 heavy (non-hydrogen) atoms. The molecule has 1 amide bonds. The van der Waals surface area contributed by atoms with Gasteiger partial charge in [0.2, 0.25) is 15.9 Å². The average molecular weight is 462 g/mol. The van der Waals surface area contributed by atoms with Crippen molar-refractivity contribution in [2.24, 2.45) is 13.0 Å². The molecular formula is C22H27N3O6S. The molecule has 3 aromatic rings. The van der Waals surface area contributed by atoms with Gasteiger partial charge in [0, 0.05) is 13.1 Å². The van der Waals surface area contributed by atoms with Gasteiger partial charge in [-0.15, -0.1) is 0 Å². The lowest BCUT2D eigenvalue weighted by Gasteiger charge is -2.21. The first kappa shape index (κ1) is 23.6. The second-order valence-electron chi connectivity index (χ2n) is 7.78. The van der Waals surface area contributed by atoms with Crippen LogP contribution in [-0.2, 0) is 21.9 Å². The number of nitrogens with zero attached hydrogens (tertiary/aromatic N) is 1. The van der Waals surface area contributed by atoms with Crippen LogP contribution in [0.3, 0.4) is 0 Å². The highest BCUT2D eigenvalue weighted by Crippen LogP contribution is 2.25. The quantitative estimate of drug-likeness (QED) is 0.506. The number of rotatable bonds is 9. The van der Waals surface area contributed by atoms with E-state index in [1.807, 2.05) is 20.8 Å². The molecule has 2 N–H and O–H groups in total. The van der Waals surface area contributed by atoms with Gasteiger partial charge >= 0.3 is 5.76 Å². The molecule has 0 aliphatic heterocycles. The minimum Gasteiger partial charge on any atom is -0.492 e. The molecule has 0 radical (unpaired) electrons. The summed E-state index contributed by atoms with van der Waals surface area (Å²) in [6.45, 7) is 6.05. The van der Waals surface area contributed by atoms with Crippen molar-refractivity contribution in [3.63, 3.8) is 0 Å². The summed E-state index contributed by atoms with van der Waals surface area (Å²) < 4.78 is 40.5. The van der Waals surface area contributed by atoms with E-state index >= 15 is 0 Å². The molecule has 0 unspecified atom stereocenters. The first-order chi connectivity index (χ1) is 15.1. The molecule has 1 heterocycles. The van der Waals surface area contributed by atoms with Gasteiger partial charge in [0.05, 0.1) is 22.7 Å². The number of aromatic nitrogens is 1. The number of carbonyl (C=O) groups is 1. The van der Waals surface area contributed by atoms with E-state index in [1.165, 1.54) is 29.8 Å². The number of anilines is 1. The third-order valence-electron chi connectivity index (χ3n) is 4.84. The highest BCUT2D eigenvalue weighted by atomic mass is 32.2. The van der Waals surface area contributed by atoms with Gasteiger partial charge < -0.3 is 14.5 Å². The van der Waals surface area contributed by atoms with E-state index in [1.54, 1.807) is 24.3 Å². The monoisotopic (exact) mass is 461 g/mol. The molecule has 0 saturated carbocycles. The maximum atomic E-state index is 13.0. The zero-order valence-electron chi connectivity index (χ0n) is 18.4. The van der Waals surface area contributed by atoms with Crippen LogP contribution in [0.25, 0.3) is 11.1 Å². The number of hydrogen-bond acceptors (Lipinski definition) is 6. The normalized spacial score (nSPS) is 12.8. The number of benzene rings is 2. The first-order valence-electron chi connectivity index (χ1n) is 10.3. The Morgan fingerprint density at radius 3 is 2.59 bits per heavy atom. The number of amides is 1. The Bertz CT molecular complexity index is 1280. The number of sulfonamides is 1. The Balaban J connectivity index is 1.87. The Morgan fingerprint density at radius 1 is 1.19 bits per heavy atom. The predicted octanol–water partition coefficient (Wildman–Crippen LogP) is 2.86. The van der Waals surface area contributed by atoms with Gasteiger partial charge in [0.25, 0.3) is 0 Å². The van der Waals surface area contributed by atoms with E-state index in [-0.39, 0.29) is 22.8 Å².